The summed E-state index contributed by atoms with van der Waals surface area (Å²) in [6, 6.07) is 9.18. The first-order valence-electron chi connectivity index (χ1n) is 11.9. The highest BCUT2D eigenvalue weighted by Gasteiger charge is 2.40. The van der Waals surface area contributed by atoms with E-state index in [2.05, 4.69) is 0 Å². The molecule has 0 aliphatic rings. The van der Waals surface area contributed by atoms with E-state index in [1.807, 2.05) is 0 Å². The molecule has 0 radical (unpaired) electrons. The molecule has 4 aromatic rings. The van der Waals surface area contributed by atoms with E-state index in [1.54, 1.807) is 11.4 Å². The first kappa shape index (κ1) is 47.0. The molecule has 0 amide bonds. The number of rotatable bonds is 4. The number of nitrogens with one attached hydrogen (secondary N) is 2. The molecule has 0 aromatic carbocycles. The molecule has 0 bridgehead atoms. The highest BCUT2D eigenvalue weighted by molar-refractivity contribution is 7.12. The number of halogens is 12. The van der Waals surface area contributed by atoms with E-state index >= 15 is 0 Å². The van der Waals surface area contributed by atoms with Crippen molar-refractivity contribution >= 4 is 62.6 Å². The van der Waals surface area contributed by atoms with Gasteiger partial charge in [-0.3, -0.25) is 15.6 Å². The molecular weight excluding hydrogens is 759 g/mol. The van der Waals surface area contributed by atoms with Crippen molar-refractivity contribution in [2.24, 2.45) is 5.73 Å². The van der Waals surface area contributed by atoms with Crippen LogP contribution in [0.5, 0.6) is 0 Å². The molecule has 4 aromatic heterocycles. The number of ketones is 1. The maximum atomic E-state index is 11.9. The summed E-state index contributed by atoms with van der Waals surface area (Å²) in [5.74, 6) is -1.77. The van der Waals surface area contributed by atoms with Crippen LogP contribution in [0.2, 0.25) is 0 Å². The number of alkyl halides is 12. The summed E-state index contributed by atoms with van der Waals surface area (Å²) in [6.07, 6.45) is -18.1. The van der Waals surface area contributed by atoms with E-state index < -0.39 is 48.0 Å². The molecule has 1 atom stereocenters. The van der Waals surface area contributed by atoms with Crippen molar-refractivity contribution in [3.05, 3.63) is 89.6 Å². The summed E-state index contributed by atoms with van der Waals surface area (Å²) < 4.78 is 141. The summed E-state index contributed by atoms with van der Waals surface area (Å²) in [6.45, 7) is 0. The topological polar surface area (TPSA) is 131 Å². The number of hydrogen-bond acceptors (Lipinski definition) is 10. The molecule has 270 valence electrons. The van der Waals surface area contributed by atoms with Crippen molar-refractivity contribution in [3.8, 4) is 0 Å². The third-order valence-electron chi connectivity index (χ3n) is 4.31. The van der Waals surface area contributed by atoms with E-state index in [9.17, 15) is 57.5 Å². The highest BCUT2D eigenvalue weighted by atomic mass is 32.1. The van der Waals surface area contributed by atoms with Gasteiger partial charge in [-0.2, -0.15) is 52.7 Å². The van der Waals surface area contributed by atoms with Gasteiger partial charge in [-0.25, -0.2) is 0 Å². The Morgan fingerprint density at radius 2 is 0.896 bits per heavy atom. The Morgan fingerprint density at radius 3 is 1.12 bits per heavy atom. The number of aliphatic hydroxyl groups excluding tert-OH is 2. The van der Waals surface area contributed by atoms with Crippen LogP contribution in [-0.4, -0.2) is 66.3 Å². The standard InChI is InChI=1S/C6H6F3NS.2C6H4F3NS.C6H3F3OS.2CH4O/c4*7-6(8,9)5(10)4-2-1-3-11-4;2*1-2/h1-3,5H,10H2;2*1-3,10H;1-3H;2*2H,1H3. The van der Waals surface area contributed by atoms with E-state index in [0.717, 1.165) is 65.6 Å². The van der Waals surface area contributed by atoms with Gasteiger partial charge in [-0.1, -0.05) is 24.3 Å². The van der Waals surface area contributed by atoms with Crippen molar-refractivity contribution in [3.63, 3.8) is 0 Å². The maximum Gasteiger partial charge on any atom is 0.455 e. The molecule has 0 aliphatic heterocycles. The Kier molecular flexibility index (Phi) is 21.3. The quantitative estimate of drug-likeness (QED) is 0.0802. The molecule has 0 fully saturated rings. The monoisotopic (exact) mass is 783 g/mol. The lowest BCUT2D eigenvalue weighted by atomic mass is 10.2. The Morgan fingerprint density at radius 1 is 0.583 bits per heavy atom. The van der Waals surface area contributed by atoms with Crippen LogP contribution in [0.15, 0.2) is 70.1 Å². The van der Waals surface area contributed by atoms with E-state index in [4.69, 9.17) is 26.8 Å². The molecule has 0 spiro atoms. The summed E-state index contributed by atoms with van der Waals surface area (Å²) in [4.78, 5) is 10.2. The molecule has 6 N–H and O–H groups in total. The molecular formula is C26H25F12N3O3S4. The zero-order chi connectivity index (χ0) is 37.9. The molecule has 48 heavy (non-hydrogen) atoms. The lowest BCUT2D eigenvalue weighted by Gasteiger charge is -2.12. The van der Waals surface area contributed by atoms with Crippen LogP contribution in [0.4, 0.5) is 52.7 Å². The third kappa shape index (κ3) is 17.8. The first-order chi connectivity index (χ1) is 22.1. The van der Waals surface area contributed by atoms with Crippen molar-refractivity contribution in [1.29, 1.82) is 10.8 Å². The van der Waals surface area contributed by atoms with Gasteiger partial charge in [-0.15, -0.1) is 45.3 Å². The zero-order valence-corrected chi connectivity index (χ0v) is 27.3. The van der Waals surface area contributed by atoms with Gasteiger partial charge in [0.25, 0.3) is 5.78 Å². The first-order valence-corrected chi connectivity index (χ1v) is 15.4. The van der Waals surface area contributed by atoms with Crippen molar-refractivity contribution < 1.29 is 67.7 Å². The SMILES string of the molecule is CO.CO.N=C(c1cccs1)C(F)(F)F.N=C(c1cccs1)C(F)(F)F.NC(c1cccs1)C(F)(F)F.O=C(c1cccs1)C(F)(F)F. The molecule has 22 heteroatoms. The van der Waals surface area contributed by atoms with Crippen molar-refractivity contribution in [2.45, 2.75) is 30.7 Å². The number of carbonyl (C=O) groups excluding carboxylic acids is 1. The van der Waals surface area contributed by atoms with E-state index in [0.29, 0.717) is 0 Å². The minimum atomic E-state index is -4.75. The smallest absolute Gasteiger partial charge is 0.400 e. The Balaban J connectivity index is 0. The van der Waals surface area contributed by atoms with E-state index in [1.165, 1.54) is 52.5 Å². The Bertz CT molecular complexity index is 1280. The second-order valence-electron chi connectivity index (χ2n) is 7.54. The lowest BCUT2D eigenvalue weighted by molar-refractivity contribution is -0.148. The van der Waals surface area contributed by atoms with Gasteiger partial charge >= 0.3 is 24.7 Å². The maximum absolute atomic E-state index is 11.9. The zero-order valence-electron chi connectivity index (χ0n) is 24.1. The van der Waals surface area contributed by atoms with Gasteiger partial charge in [0.2, 0.25) is 0 Å². The average Bonchev–Trinajstić information content (AvgIpc) is 3.85. The third-order valence-corrected chi connectivity index (χ3v) is 7.91. The normalized spacial score (nSPS) is 11.6. The van der Waals surface area contributed by atoms with Crippen LogP contribution in [0.1, 0.15) is 30.3 Å². The van der Waals surface area contributed by atoms with Crippen LogP contribution < -0.4 is 5.73 Å². The summed E-state index contributed by atoms with van der Waals surface area (Å²) in [5, 5.41) is 33.4. The van der Waals surface area contributed by atoms with Gasteiger partial charge in [0, 0.05) is 19.1 Å². The number of Topliss-reactive ketones (excluding diaryl/α,β-unsaturated/α-hetero) is 1. The summed E-state index contributed by atoms with van der Waals surface area (Å²) >= 11 is 3.63. The molecule has 0 saturated carbocycles. The second-order valence-corrected chi connectivity index (χ2v) is 11.4. The fourth-order valence-corrected chi connectivity index (χ4v) is 5.12. The van der Waals surface area contributed by atoms with Gasteiger partial charge in [0.15, 0.2) is 11.4 Å². The minimum Gasteiger partial charge on any atom is -0.400 e. The van der Waals surface area contributed by atoms with Crippen molar-refractivity contribution in [2.75, 3.05) is 14.2 Å². The van der Waals surface area contributed by atoms with Crippen LogP contribution in [0, 0.1) is 10.8 Å². The molecule has 4 rings (SSSR count). The fourth-order valence-electron chi connectivity index (χ4n) is 2.30. The van der Waals surface area contributed by atoms with Gasteiger partial charge in [0.05, 0.1) is 14.6 Å². The number of thiophene rings is 4. The molecule has 1 unspecified atom stereocenters. The minimum absolute atomic E-state index is 0.0440. The second kappa shape index (κ2) is 21.7. The van der Waals surface area contributed by atoms with E-state index in [-0.39, 0.29) is 19.5 Å². The number of aliphatic hydroxyl groups is 2. The Labute approximate surface area is 280 Å². The van der Waals surface area contributed by atoms with Crippen LogP contribution in [-0.2, 0) is 0 Å². The van der Waals surface area contributed by atoms with Gasteiger partial charge in [-0.05, 0) is 45.8 Å². The van der Waals surface area contributed by atoms with Crippen LogP contribution in [0.25, 0.3) is 0 Å². The summed E-state index contributed by atoms with van der Waals surface area (Å²) in [7, 11) is 2.00. The average molecular weight is 784 g/mol. The molecule has 0 aliphatic carbocycles. The number of carbonyl (C=O) groups is 1. The highest BCUT2D eigenvalue weighted by Crippen LogP contribution is 2.32. The van der Waals surface area contributed by atoms with Gasteiger partial charge in [0.1, 0.15) is 6.04 Å². The van der Waals surface area contributed by atoms with Crippen molar-refractivity contribution in [1.82, 2.24) is 0 Å². The number of nitrogens with two attached hydrogens (primary N) is 1. The largest absolute Gasteiger partial charge is 0.455 e. The summed E-state index contributed by atoms with van der Waals surface area (Å²) in [5.41, 5.74) is 2.36. The predicted molar refractivity (Wildman–Crippen MR) is 163 cm³/mol. The lowest BCUT2D eigenvalue weighted by Crippen LogP contribution is -2.27. The molecule has 6 nitrogen and oxygen atoms in total. The van der Waals surface area contributed by atoms with Gasteiger partial charge < -0.3 is 15.9 Å². The number of hydrogen-bond donors (Lipinski definition) is 5. The van der Waals surface area contributed by atoms with Crippen LogP contribution >= 0.6 is 45.3 Å². The van der Waals surface area contributed by atoms with Crippen LogP contribution in [0.3, 0.4) is 0 Å². The fraction of sp³-hybridized carbons (Fsp3) is 0.269. The Hall–Kier alpha value is -3.15. The molecule has 0 saturated heterocycles. The molecule has 4 heterocycles. The predicted octanol–water partition coefficient (Wildman–Crippen LogP) is 9.38.